The second-order valence-corrected chi connectivity index (χ2v) is 6.89. The summed E-state index contributed by atoms with van der Waals surface area (Å²) in [6, 6.07) is 0. The third-order valence-electron chi connectivity index (χ3n) is 5.38. The molecule has 0 aromatic carbocycles. The normalized spacial score (nSPS) is 26.7. The van der Waals surface area contributed by atoms with Gasteiger partial charge in [-0.2, -0.15) is 0 Å². The van der Waals surface area contributed by atoms with Gasteiger partial charge in [-0.25, -0.2) is 0 Å². The zero-order valence-corrected chi connectivity index (χ0v) is 13.7. The van der Waals surface area contributed by atoms with Crippen LogP contribution in [0.3, 0.4) is 0 Å². The van der Waals surface area contributed by atoms with Gasteiger partial charge in [0.1, 0.15) is 0 Å². The Morgan fingerprint density at radius 3 is 2.65 bits per heavy atom. The summed E-state index contributed by atoms with van der Waals surface area (Å²) in [6.07, 6.45) is 3.15. The Hall–Kier alpha value is -1.18. The van der Waals surface area contributed by atoms with Crippen LogP contribution < -0.4 is 16.0 Å². The molecule has 1 unspecified atom stereocenters. The molecule has 3 aliphatic rings. The number of carbonyl (C=O) groups excluding carboxylic acids is 2. The zero-order chi connectivity index (χ0) is 16.1. The Bertz CT molecular complexity index is 431. The lowest BCUT2D eigenvalue weighted by molar-refractivity contribution is -0.127. The van der Waals surface area contributed by atoms with Crippen molar-refractivity contribution in [1.82, 2.24) is 20.9 Å². The molecule has 0 radical (unpaired) electrons. The summed E-state index contributed by atoms with van der Waals surface area (Å²) in [4.78, 5) is 26.3. The Kier molecular flexibility index (Phi) is 5.50. The molecule has 3 rings (SSSR count). The summed E-state index contributed by atoms with van der Waals surface area (Å²) in [6.45, 7) is 6.93. The Morgan fingerprint density at radius 1 is 1.17 bits per heavy atom. The van der Waals surface area contributed by atoms with Gasteiger partial charge in [0, 0.05) is 32.1 Å². The molecule has 3 N–H and O–H groups in total. The minimum Gasteiger partial charge on any atom is -0.379 e. The molecule has 130 valence electrons. The van der Waals surface area contributed by atoms with Gasteiger partial charge in [-0.05, 0) is 37.8 Å². The van der Waals surface area contributed by atoms with E-state index in [4.69, 9.17) is 4.74 Å². The highest BCUT2D eigenvalue weighted by atomic mass is 16.5. The van der Waals surface area contributed by atoms with Gasteiger partial charge in [0.05, 0.1) is 19.8 Å². The molecule has 2 heterocycles. The molecule has 0 aromatic rings. The lowest BCUT2D eigenvalue weighted by Gasteiger charge is -2.26. The van der Waals surface area contributed by atoms with Crippen molar-refractivity contribution in [2.24, 2.45) is 11.3 Å². The van der Waals surface area contributed by atoms with Crippen molar-refractivity contribution >= 4 is 11.8 Å². The van der Waals surface area contributed by atoms with Gasteiger partial charge >= 0.3 is 0 Å². The molecule has 1 spiro atoms. The monoisotopic (exact) mass is 324 g/mol. The molecular weight excluding hydrogens is 296 g/mol. The van der Waals surface area contributed by atoms with Crippen LogP contribution in [0.1, 0.15) is 19.3 Å². The topological polar surface area (TPSA) is 82.7 Å². The van der Waals surface area contributed by atoms with Crippen LogP contribution in [-0.2, 0) is 14.3 Å². The number of nitrogens with one attached hydrogen (secondary N) is 3. The number of ether oxygens (including phenoxy) is 1. The van der Waals surface area contributed by atoms with E-state index < -0.39 is 0 Å². The number of carbonyl (C=O) groups is 2. The Labute approximate surface area is 137 Å². The van der Waals surface area contributed by atoms with E-state index in [9.17, 15) is 9.59 Å². The molecule has 23 heavy (non-hydrogen) atoms. The highest BCUT2D eigenvalue weighted by molar-refractivity contribution is 5.87. The quantitative estimate of drug-likeness (QED) is 0.580. The summed E-state index contributed by atoms with van der Waals surface area (Å²) in [5.74, 6) is 0.0626. The number of amides is 2. The number of rotatable bonds is 6. The maximum Gasteiger partial charge on any atom is 0.239 e. The van der Waals surface area contributed by atoms with Gasteiger partial charge in [-0.3, -0.25) is 14.5 Å². The van der Waals surface area contributed by atoms with Gasteiger partial charge < -0.3 is 20.7 Å². The summed E-state index contributed by atoms with van der Waals surface area (Å²) in [5.41, 5.74) is 0.224. The summed E-state index contributed by atoms with van der Waals surface area (Å²) < 4.78 is 5.29. The van der Waals surface area contributed by atoms with Gasteiger partial charge in [0.15, 0.2) is 0 Å². The van der Waals surface area contributed by atoms with Gasteiger partial charge in [0.25, 0.3) is 0 Å². The fraction of sp³-hybridized carbons (Fsp3) is 0.875. The van der Waals surface area contributed by atoms with Crippen molar-refractivity contribution < 1.29 is 14.3 Å². The van der Waals surface area contributed by atoms with Crippen LogP contribution in [0.2, 0.25) is 0 Å². The first-order valence-corrected chi connectivity index (χ1v) is 8.75. The fourth-order valence-corrected chi connectivity index (χ4v) is 3.73. The van der Waals surface area contributed by atoms with Gasteiger partial charge in [-0.15, -0.1) is 0 Å². The van der Waals surface area contributed by atoms with Gasteiger partial charge in [-0.1, -0.05) is 0 Å². The van der Waals surface area contributed by atoms with Crippen molar-refractivity contribution in [1.29, 1.82) is 0 Å². The van der Waals surface area contributed by atoms with E-state index in [2.05, 4.69) is 20.9 Å². The van der Waals surface area contributed by atoms with E-state index in [1.165, 1.54) is 0 Å². The molecule has 1 saturated carbocycles. The average Bonchev–Trinajstić information content (AvgIpc) is 3.27. The molecular formula is C16H28N4O3. The van der Waals surface area contributed by atoms with Crippen LogP contribution in [0.4, 0.5) is 0 Å². The average molecular weight is 324 g/mol. The number of piperidine rings is 1. The van der Waals surface area contributed by atoms with Crippen LogP contribution in [-0.4, -0.2) is 75.7 Å². The summed E-state index contributed by atoms with van der Waals surface area (Å²) in [5, 5.41) is 9.00. The van der Waals surface area contributed by atoms with E-state index in [1.807, 2.05) is 0 Å². The first-order valence-electron chi connectivity index (χ1n) is 8.75. The second kappa shape index (κ2) is 7.59. The van der Waals surface area contributed by atoms with Crippen LogP contribution in [0, 0.1) is 11.3 Å². The number of morpholine rings is 1. The largest absolute Gasteiger partial charge is 0.379 e. The molecule has 3 fully saturated rings. The van der Waals surface area contributed by atoms with Gasteiger partial charge in [0.2, 0.25) is 11.8 Å². The number of nitrogens with zero attached hydrogens (tertiary/aromatic N) is 1. The Morgan fingerprint density at radius 2 is 1.91 bits per heavy atom. The van der Waals surface area contributed by atoms with Crippen molar-refractivity contribution in [2.45, 2.75) is 19.3 Å². The minimum atomic E-state index is -0.105. The minimum absolute atomic E-state index is 0.0511. The van der Waals surface area contributed by atoms with Crippen molar-refractivity contribution in [3.05, 3.63) is 0 Å². The van der Waals surface area contributed by atoms with Crippen molar-refractivity contribution in [3.8, 4) is 0 Å². The van der Waals surface area contributed by atoms with Crippen LogP contribution in [0.15, 0.2) is 0 Å². The Balaban J connectivity index is 1.28. The van der Waals surface area contributed by atoms with Crippen LogP contribution in [0.25, 0.3) is 0 Å². The maximum atomic E-state index is 12.2. The second-order valence-electron chi connectivity index (χ2n) is 6.89. The number of hydrogen-bond acceptors (Lipinski definition) is 5. The third-order valence-corrected chi connectivity index (χ3v) is 5.38. The maximum absolute atomic E-state index is 12.2. The predicted molar refractivity (Wildman–Crippen MR) is 85.9 cm³/mol. The molecule has 1 atom stereocenters. The van der Waals surface area contributed by atoms with Crippen LogP contribution in [0.5, 0.6) is 0 Å². The molecule has 7 nitrogen and oxygen atoms in total. The van der Waals surface area contributed by atoms with E-state index in [0.717, 1.165) is 65.2 Å². The summed E-state index contributed by atoms with van der Waals surface area (Å²) in [7, 11) is 0. The lowest BCUT2D eigenvalue weighted by atomic mass is 9.92. The van der Waals surface area contributed by atoms with E-state index in [1.54, 1.807) is 0 Å². The highest BCUT2D eigenvalue weighted by Crippen LogP contribution is 2.58. The SMILES string of the molecule is O=C(CNC(=O)C1CC12CCNCC2)NCCN1CCOCC1. The summed E-state index contributed by atoms with van der Waals surface area (Å²) >= 11 is 0. The molecule has 2 aliphatic heterocycles. The van der Waals surface area contributed by atoms with Crippen LogP contribution >= 0.6 is 0 Å². The molecule has 7 heteroatoms. The first-order chi connectivity index (χ1) is 11.2. The highest BCUT2D eigenvalue weighted by Gasteiger charge is 2.57. The molecule has 0 bridgehead atoms. The van der Waals surface area contributed by atoms with Crippen molar-refractivity contribution in [2.75, 3.05) is 59.0 Å². The lowest BCUT2D eigenvalue weighted by Crippen LogP contribution is -2.44. The smallest absolute Gasteiger partial charge is 0.239 e. The predicted octanol–water partition coefficient (Wildman–Crippen LogP) is -1.06. The number of hydrogen-bond donors (Lipinski definition) is 3. The zero-order valence-electron chi connectivity index (χ0n) is 13.7. The van der Waals surface area contributed by atoms with E-state index in [-0.39, 0.29) is 29.7 Å². The van der Waals surface area contributed by atoms with Crippen molar-refractivity contribution in [3.63, 3.8) is 0 Å². The molecule has 1 aliphatic carbocycles. The van der Waals surface area contributed by atoms with E-state index in [0.29, 0.717) is 6.54 Å². The molecule has 0 aromatic heterocycles. The third kappa shape index (κ3) is 4.43. The molecule has 2 amide bonds. The standard InChI is InChI=1S/C16H28N4O3/c21-14(18-5-6-20-7-9-23-10-8-20)12-19-15(22)13-11-16(13)1-3-17-4-2-16/h13,17H,1-12H2,(H,18,21)(H,19,22). The molecule has 2 saturated heterocycles. The fourth-order valence-electron chi connectivity index (χ4n) is 3.73. The first kappa shape index (κ1) is 16.7. The van der Waals surface area contributed by atoms with E-state index >= 15 is 0 Å².